The zero-order valence-electron chi connectivity index (χ0n) is 10.1. The third-order valence-electron chi connectivity index (χ3n) is 3.08. The second kappa shape index (κ2) is 7.29. The first-order valence-corrected chi connectivity index (χ1v) is 6.56. The summed E-state index contributed by atoms with van der Waals surface area (Å²) in [5, 5.41) is 0.567. The molecule has 4 nitrogen and oxygen atoms in total. The average Bonchev–Trinajstić information content (AvgIpc) is 2.71. The highest BCUT2D eigenvalue weighted by molar-refractivity contribution is 6.32. The van der Waals surface area contributed by atoms with E-state index in [1.54, 1.807) is 12.1 Å². The Bertz CT molecular complexity index is 436. The topological polar surface area (TPSA) is 65.2 Å². The lowest BCUT2D eigenvalue weighted by Crippen LogP contribution is -2.31. The molecule has 1 saturated carbocycles. The molecule has 0 radical (unpaired) electrons. The summed E-state index contributed by atoms with van der Waals surface area (Å²) in [5.41, 5.74) is 6.57. The third-order valence-corrected chi connectivity index (χ3v) is 3.46. The van der Waals surface area contributed by atoms with E-state index in [9.17, 15) is 4.79 Å². The first-order chi connectivity index (χ1) is 8.56. The van der Waals surface area contributed by atoms with E-state index in [0.29, 0.717) is 0 Å². The second-order valence-electron chi connectivity index (χ2n) is 4.43. The number of carbonyl (C=O) groups is 1. The van der Waals surface area contributed by atoms with Crippen molar-refractivity contribution in [2.75, 3.05) is 0 Å². The molecule has 0 unspecified atom stereocenters. The lowest BCUT2D eigenvalue weighted by atomic mass is 10.1. The fourth-order valence-corrected chi connectivity index (χ4v) is 2.65. The Kier molecular flexibility index (Phi) is 6.33. The van der Waals surface area contributed by atoms with E-state index in [4.69, 9.17) is 33.7 Å². The third kappa shape index (κ3) is 4.49. The Balaban J connectivity index is 0.00000180. The van der Waals surface area contributed by atoms with Gasteiger partial charge in [0.15, 0.2) is 0 Å². The maximum absolute atomic E-state index is 11.8. The van der Waals surface area contributed by atoms with Gasteiger partial charge in [0.05, 0.1) is 5.92 Å². The van der Waals surface area contributed by atoms with Crippen LogP contribution in [-0.4, -0.2) is 17.0 Å². The predicted octanol–water partition coefficient (Wildman–Crippen LogP) is 2.98. The summed E-state index contributed by atoms with van der Waals surface area (Å²) in [6, 6.07) is 3.16. The van der Waals surface area contributed by atoms with Crippen LogP contribution in [0.5, 0.6) is 0 Å². The van der Waals surface area contributed by atoms with Crippen LogP contribution in [-0.2, 0) is 16.1 Å². The fraction of sp³-hybridized carbons (Fsp3) is 0.500. The van der Waals surface area contributed by atoms with Gasteiger partial charge in [-0.05, 0) is 30.5 Å². The van der Waals surface area contributed by atoms with Crippen molar-refractivity contribution >= 4 is 41.6 Å². The standard InChI is InChI=1S/C12H14Cl2N2O2.ClH/c13-10-4-7(5-11(14)16-10)6-18-12(17)8-2-1-3-9(8)15;/h4-5,8-9H,1-3,6,15H2;1H/t8-,9-;/m0./s1. The van der Waals surface area contributed by atoms with Crippen molar-refractivity contribution in [1.29, 1.82) is 0 Å². The SMILES string of the molecule is Cl.N[C@H]1CCC[C@@H]1C(=O)OCc1cc(Cl)nc(Cl)c1. The van der Waals surface area contributed by atoms with Gasteiger partial charge < -0.3 is 10.5 Å². The van der Waals surface area contributed by atoms with E-state index < -0.39 is 0 Å². The Labute approximate surface area is 128 Å². The molecule has 0 aliphatic heterocycles. The van der Waals surface area contributed by atoms with Gasteiger partial charge in [-0.2, -0.15) is 0 Å². The predicted molar refractivity (Wildman–Crippen MR) is 76.6 cm³/mol. The lowest BCUT2D eigenvalue weighted by molar-refractivity contribution is -0.150. The van der Waals surface area contributed by atoms with Crippen LogP contribution in [0.3, 0.4) is 0 Å². The summed E-state index contributed by atoms with van der Waals surface area (Å²) in [6.45, 7) is 0.143. The van der Waals surface area contributed by atoms with Gasteiger partial charge in [-0.15, -0.1) is 12.4 Å². The molecule has 2 rings (SSSR count). The molecular formula is C12H15Cl3N2O2. The molecule has 0 saturated heterocycles. The van der Waals surface area contributed by atoms with Crippen LogP contribution in [0.15, 0.2) is 12.1 Å². The number of pyridine rings is 1. The summed E-state index contributed by atoms with van der Waals surface area (Å²) in [7, 11) is 0. The minimum Gasteiger partial charge on any atom is -0.461 e. The molecule has 0 bridgehead atoms. The molecule has 1 aromatic heterocycles. The number of rotatable bonds is 3. The molecule has 1 aliphatic carbocycles. The normalized spacial score (nSPS) is 21.8. The van der Waals surface area contributed by atoms with Crippen LogP contribution in [0.2, 0.25) is 10.3 Å². The van der Waals surface area contributed by atoms with E-state index in [1.165, 1.54) is 0 Å². The summed E-state index contributed by atoms with van der Waals surface area (Å²) in [5.74, 6) is -0.429. The summed E-state index contributed by atoms with van der Waals surface area (Å²) >= 11 is 11.5. The van der Waals surface area contributed by atoms with Crippen LogP contribution in [0.1, 0.15) is 24.8 Å². The van der Waals surface area contributed by atoms with Gasteiger partial charge in [-0.3, -0.25) is 4.79 Å². The Morgan fingerprint density at radius 2 is 2.00 bits per heavy atom. The number of aromatic nitrogens is 1. The van der Waals surface area contributed by atoms with Crippen molar-refractivity contribution in [1.82, 2.24) is 4.98 Å². The summed E-state index contributed by atoms with van der Waals surface area (Å²) in [6.07, 6.45) is 2.67. The van der Waals surface area contributed by atoms with Crippen molar-refractivity contribution in [3.05, 3.63) is 28.0 Å². The number of halogens is 3. The minimum atomic E-state index is -0.246. The van der Waals surface area contributed by atoms with E-state index >= 15 is 0 Å². The van der Waals surface area contributed by atoms with Gasteiger partial charge in [0.1, 0.15) is 16.9 Å². The van der Waals surface area contributed by atoms with Gasteiger partial charge in [0.2, 0.25) is 0 Å². The van der Waals surface area contributed by atoms with Crippen LogP contribution in [0.4, 0.5) is 0 Å². The summed E-state index contributed by atoms with van der Waals surface area (Å²) in [4.78, 5) is 15.6. The van der Waals surface area contributed by atoms with E-state index in [2.05, 4.69) is 4.98 Å². The molecule has 0 amide bonds. The Morgan fingerprint density at radius 1 is 1.37 bits per heavy atom. The van der Waals surface area contributed by atoms with Crippen LogP contribution in [0, 0.1) is 5.92 Å². The smallest absolute Gasteiger partial charge is 0.310 e. The molecule has 7 heteroatoms. The number of esters is 1. The zero-order chi connectivity index (χ0) is 13.1. The largest absolute Gasteiger partial charge is 0.461 e. The van der Waals surface area contributed by atoms with E-state index in [0.717, 1.165) is 24.8 Å². The Hall–Kier alpha value is -0.550. The van der Waals surface area contributed by atoms with E-state index in [1.807, 2.05) is 0 Å². The summed E-state index contributed by atoms with van der Waals surface area (Å²) < 4.78 is 5.23. The van der Waals surface area contributed by atoms with Crippen molar-refractivity contribution in [3.8, 4) is 0 Å². The van der Waals surface area contributed by atoms with Gasteiger partial charge in [-0.25, -0.2) is 4.98 Å². The highest BCUT2D eigenvalue weighted by atomic mass is 35.5. The number of nitrogens with two attached hydrogens (primary N) is 1. The zero-order valence-corrected chi connectivity index (χ0v) is 12.5. The number of nitrogens with zero attached hydrogens (tertiary/aromatic N) is 1. The number of carbonyl (C=O) groups excluding carboxylic acids is 1. The molecule has 0 aromatic carbocycles. The maximum atomic E-state index is 11.8. The van der Waals surface area contributed by atoms with Gasteiger partial charge >= 0.3 is 5.97 Å². The first kappa shape index (κ1) is 16.5. The highest BCUT2D eigenvalue weighted by Crippen LogP contribution is 2.25. The molecule has 0 spiro atoms. The molecule has 106 valence electrons. The van der Waals surface area contributed by atoms with Crippen molar-refractivity contribution < 1.29 is 9.53 Å². The second-order valence-corrected chi connectivity index (χ2v) is 5.20. The van der Waals surface area contributed by atoms with E-state index in [-0.39, 0.29) is 47.2 Å². The number of hydrogen-bond donors (Lipinski definition) is 1. The number of ether oxygens (including phenoxy) is 1. The van der Waals surface area contributed by atoms with Crippen LogP contribution in [0.25, 0.3) is 0 Å². The average molecular weight is 326 g/mol. The van der Waals surface area contributed by atoms with Crippen LogP contribution < -0.4 is 5.73 Å². The van der Waals surface area contributed by atoms with Gasteiger partial charge in [0.25, 0.3) is 0 Å². The molecule has 1 fully saturated rings. The minimum absolute atomic E-state index is 0. The molecule has 2 atom stereocenters. The highest BCUT2D eigenvalue weighted by Gasteiger charge is 2.31. The molecule has 19 heavy (non-hydrogen) atoms. The lowest BCUT2D eigenvalue weighted by Gasteiger charge is -2.14. The fourth-order valence-electron chi connectivity index (χ4n) is 2.14. The van der Waals surface area contributed by atoms with Crippen molar-refractivity contribution in [3.63, 3.8) is 0 Å². The molecule has 1 aliphatic rings. The van der Waals surface area contributed by atoms with Crippen LogP contribution >= 0.6 is 35.6 Å². The Morgan fingerprint density at radius 3 is 2.53 bits per heavy atom. The van der Waals surface area contributed by atoms with Gasteiger partial charge in [0, 0.05) is 6.04 Å². The van der Waals surface area contributed by atoms with Crippen molar-refractivity contribution in [2.24, 2.45) is 11.7 Å². The maximum Gasteiger partial charge on any atom is 0.310 e. The molecule has 2 N–H and O–H groups in total. The van der Waals surface area contributed by atoms with Crippen molar-refractivity contribution in [2.45, 2.75) is 31.9 Å². The molecule has 1 heterocycles. The monoisotopic (exact) mass is 324 g/mol. The number of hydrogen-bond acceptors (Lipinski definition) is 4. The first-order valence-electron chi connectivity index (χ1n) is 5.80. The molecule has 1 aromatic rings. The molecular weight excluding hydrogens is 311 g/mol. The van der Waals surface area contributed by atoms with Gasteiger partial charge in [-0.1, -0.05) is 29.6 Å². The quantitative estimate of drug-likeness (QED) is 0.685.